The molecule has 90 valence electrons. The van der Waals surface area contributed by atoms with Crippen LogP contribution in [-0.4, -0.2) is 6.54 Å². The third-order valence-electron chi connectivity index (χ3n) is 2.30. The van der Waals surface area contributed by atoms with Crippen molar-refractivity contribution >= 4 is 0 Å². The van der Waals surface area contributed by atoms with Crippen LogP contribution >= 0.6 is 0 Å². The average molecular weight is 211 g/mol. The molecular weight excluding hydrogens is 182 g/mol. The highest BCUT2D eigenvalue weighted by Crippen LogP contribution is 2.08. The molecule has 0 aliphatic heterocycles. The van der Waals surface area contributed by atoms with E-state index in [0.717, 1.165) is 12.5 Å². The van der Waals surface area contributed by atoms with Gasteiger partial charge in [0.05, 0.1) is 0 Å². The zero-order valence-electron chi connectivity index (χ0n) is 11.1. The summed E-state index contributed by atoms with van der Waals surface area (Å²) in [4.78, 5) is 0. The zero-order chi connectivity index (χ0) is 11.9. The molecule has 1 atom stereocenters. The maximum atomic E-state index is 3.49. The van der Waals surface area contributed by atoms with Gasteiger partial charge in [-0.25, -0.2) is 0 Å². The summed E-state index contributed by atoms with van der Waals surface area (Å²) in [5.74, 6) is 0.904. The molecule has 1 unspecified atom stereocenters. The van der Waals surface area contributed by atoms with Crippen LogP contribution in [0.2, 0.25) is 0 Å². The number of hydrogen-bond acceptors (Lipinski definition) is 1. The Hall–Kier alpha value is -0.720. The number of hydrogen-bond donors (Lipinski definition) is 1. The Labute approximate surface area is 96.7 Å². The van der Waals surface area contributed by atoms with Crippen molar-refractivity contribution in [3.05, 3.63) is 24.9 Å². The van der Waals surface area contributed by atoms with Crippen LogP contribution in [0.25, 0.3) is 0 Å². The SMILES string of the molecule is C/C=C/CCC(C)CC.C=CNCCC. The fourth-order valence-electron chi connectivity index (χ4n) is 0.998. The second kappa shape index (κ2) is 15.7. The summed E-state index contributed by atoms with van der Waals surface area (Å²) in [6.45, 7) is 13.3. The van der Waals surface area contributed by atoms with Crippen LogP contribution in [0.1, 0.15) is 53.4 Å². The molecular formula is C14H29N. The Morgan fingerprint density at radius 2 is 2.00 bits per heavy atom. The van der Waals surface area contributed by atoms with Gasteiger partial charge in [-0.3, -0.25) is 0 Å². The van der Waals surface area contributed by atoms with E-state index in [2.05, 4.69) is 51.7 Å². The molecule has 15 heavy (non-hydrogen) atoms. The standard InChI is InChI=1S/C9H18.C5H11N/c1-4-6-7-8-9(3)5-2;1-3-5-6-4-2/h4,6,9H,5,7-8H2,1-3H3;4,6H,2-3,5H2,1H3/b6-4+;. The second-order valence-corrected chi connectivity index (χ2v) is 3.82. The average Bonchev–Trinajstić information content (AvgIpc) is 2.27. The van der Waals surface area contributed by atoms with E-state index in [9.17, 15) is 0 Å². The molecule has 1 heteroatoms. The van der Waals surface area contributed by atoms with Crippen LogP contribution in [0, 0.1) is 5.92 Å². The van der Waals surface area contributed by atoms with Crippen molar-refractivity contribution in [3.63, 3.8) is 0 Å². The normalized spacial score (nSPS) is 11.7. The first kappa shape index (κ1) is 16.7. The van der Waals surface area contributed by atoms with E-state index < -0.39 is 0 Å². The third-order valence-corrected chi connectivity index (χ3v) is 2.30. The first-order valence-corrected chi connectivity index (χ1v) is 6.18. The lowest BCUT2D eigenvalue weighted by atomic mass is 10.0. The van der Waals surface area contributed by atoms with Gasteiger partial charge in [-0.15, -0.1) is 0 Å². The topological polar surface area (TPSA) is 12.0 Å². The molecule has 0 bridgehead atoms. The number of nitrogens with one attached hydrogen (secondary N) is 1. The maximum absolute atomic E-state index is 3.49. The summed E-state index contributed by atoms with van der Waals surface area (Å²) in [5, 5.41) is 2.96. The summed E-state index contributed by atoms with van der Waals surface area (Å²) in [6, 6.07) is 0. The monoisotopic (exact) mass is 211 g/mol. The van der Waals surface area contributed by atoms with E-state index in [1.807, 2.05) is 0 Å². The van der Waals surface area contributed by atoms with E-state index in [-0.39, 0.29) is 0 Å². The van der Waals surface area contributed by atoms with Gasteiger partial charge in [-0.05, 0) is 38.3 Å². The molecule has 0 rings (SSSR count). The van der Waals surface area contributed by atoms with Gasteiger partial charge in [-0.1, -0.05) is 45.9 Å². The molecule has 0 amide bonds. The molecule has 0 fully saturated rings. The van der Waals surface area contributed by atoms with Gasteiger partial charge in [0.25, 0.3) is 0 Å². The van der Waals surface area contributed by atoms with Gasteiger partial charge in [-0.2, -0.15) is 0 Å². The molecule has 1 N–H and O–H groups in total. The fourth-order valence-corrected chi connectivity index (χ4v) is 0.998. The smallest absolute Gasteiger partial charge is 0.0138 e. The second-order valence-electron chi connectivity index (χ2n) is 3.82. The van der Waals surface area contributed by atoms with Gasteiger partial charge in [0, 0.05) is 6.54 Å². The minimum atomic E-state index is 0.904. The predicted molar refractivity (Wildman–Crippen MR) is 72.0 cm³/mol. The molecule has 0 aliphatic rings. The Kier molecular flexibility index (Phi) is 17.5. The Balaban J connectivity index is 0. The predicted octanol–water partition coefficient (Wildman–Crippen LogP) is 4.52. The lowest BCUT2D eigenvalue weighted by Crippen LogP contribution is -2.03. The molecule has 0 aliphatic carbocycles. The van der Waals surface area contributed by atoms with Crippen molar-refractivity contribution in [1.82, 2.24) is 5.32 Å². The quantitative estimate of drug-likeness (QED) is 0.482. The lowest BCUT2D eigenvalue weighted by Gasteiger charge is -2.03. The molecule has 0 aromatic heterocycles. The van der Waals surface area contributed by atoms with E-state index >= 15 is 0 Å². The minimum absolute atomic E-state index is 0.904. The van der Waals surface area contributed by atoms with E-state index in [1.165, 1.54) is 25.7 Å². The largest absolute Gasteiger partial charge is 0.391 e. The van der Waals surface area contributed by atoms with E-state index in [0.29, 0.717) is 0 Å². The molecule has 0 aromatic rings. The van der Waals surface area contributed by atoms with Gasteiger partial charge < -0.3 is 5.32 Å². The van der Waals surface area contributed by atoms with E-state index in [4.69, 9.17) is 0 Å². The zero-order valence-corrected chi connectivity index (χ0v) is 11.1. The van der Waals surface area contributed by atoms with Gasteiger partial charge in [0.1, 0.15) is 0 Å². The molecule has 0 saturated heterocycles. The lowest BCUT2D eigenvalue weighted by molar-refractivity contribution is 0.521. The summed E-state index contributed by atoms with van der Waals surface area (Å²) in [6.07, 6.45) is 11.2. The van der Waals surface area contributed by atoms with Crippen LogP contribution < -0.4 is 5.32 Å². The summed E-state index contributed by atoms with van der Waals surface area (Å²) in [5.41, 5.74) is 0. The summed E-state index contributed by atoms with van der Waals surface area (Å²) in [7, 11) is 0. The summed E-state index contributed by atoms with van der Waals surface area (Å²) < 4.78 is 0. The Morgan fingerprint density at radius 1 is 1.33 bits per heavy atom. The highest BCUT2D eigenvalue weighted by atomic mass is 14.8. The van der Waals surface area contributed by atoms with E-state index in [1.54, 1.807) is 6.20 Å². The minimum Gasteiger partial charge on any atom is -0.391 e. The van der Waals surface area contributed by atoms with Crippen molar-refractivity contribution in [1.29, 1.82) is 0 Å². The van der Waals surface area contributed by atoms with Gasteiger partial charge in [0.15, 0.2) is 0 Å². The van der Waals surface area contributed by atoms with Crippen molar-refractivity contribution in [2.75, 3.05) is 6.54 Å². The van der Waals surface area contributed by atoms with Crippen molar-refractivity contribution in [2.45, 2.75) is 53.4 Å². The number of allylic oxidation sites excluding steroid dienone is 2. The van der Waals surface area contributed by atoms with Crippen molar-refractivity contribution in [2.24, 2.45) is 5.92 Å². The van der Waals surface area contributed by atoms with Crippen molar-refractivity contribution < 1.29 is 0 Å². The van der Waals surface area contributed by atoms with Crippen LogP contribution in [-0.2, 0) is 0 Å². The van der Waals surface area contributed by atoms with Crippen molar-refractivity contribution in [3.8, 4) is 0 Å². The molecule has 0 saturated carbocycles. The molecule has 0 aromatic carbocycles. The molecule has 0 spiro atoms. The molecule has 0 radical (unpaired) electrons. The van der Waals surface area contributed by atoms with Crippen LogP contribution in [0.15, 0.2) is 24.9 Å². The Bertz CT molecular complexity index is 138. The third kappa shape index (κ3) is 19.6. The van der Waals surface area contributed by atoms with Crippen LogP contribution in [0.5, 0.6) is 0 Å². The fraction of sp³-hybridized carbons (Fsp3) is 0.714. The molecule has 1 nitrogen and oxygen atoms in total. The number of rotatable bonds is 7. The van der Waals surface area contributed by atoms with Gasteiger partial charge in [0.2, 0.25) is 0 Å². The first-order chi connectivity index (χ1) is 7.22. The summed E-state index contributed by atoms with van der Waals surface area (Å²) >= 11 is 0. The van der Waals surface area contributed by atoms with Crippen LogP contribution in [0.4, 0.5) is 0 Å². The van der Waals surface area contributed by atoms with Gasteiger partial charge >= 0.3 is 0 Å². The highest BCUT2D eigenvalue weighted by Gasteiger charge is 1.93. The highest BCUT2D eigenvalue weighted by molar-refractivity contribution is 4.76. The van der Waals surface area contributed by atoms with Crippen LogP contribution in [0.3, 0.4) is 0 Å². The maximum Gasteiger partial charge on any atom is 0.0138 e. The first-order valence-electron chi connectivity index (χ1n) is 6.18. The Morgan fingerprint density at radius 3 is 2.33 bits per heavy atom. The molecule has 0 heterocycles.